The highest BCUT2D eigenvalue weighted by Crippen LogP contribution is 2.19. The molecule has 0 aliphatic carbocycles. The zero-order valence-electron chi connectivity index (χ0n) is 11.7. The van der Waals surface area contributed by atoms with E-state index in [0.717, 1.165) is 26.2 Å². The van der Waals surface area contributed by atoms with E-state index >= 15 is 0 Å². The van der Waals surface area contributed by atoms with Gasteiger partial charge in [0.2, 0.25) is 0 Å². The lowest BCUT2D eigenvalue weighted by molar-refractivity contribution is 0.0769. The third-order valence-electron chi connectivity index (χ3n) is 3.89. The second-order valence-electron chi connectivity index (χ2n) is 5.51. The molecule has 1 aliphatic heterocycles. The van der Waals surface area contributed by atoms with Crippen molar-refractivity contribution in [3.63, 3.8) is 0 Å². The topological polar surface area (TPSA) is 26.7 Å². The van der Waals surface area contributed by atoms with Crippen molar-refractivity contribution in [2.45, 2.75) is 25.5 Å². The van der Waals surface area contributed by atoms with Gasteiger partial charge in [-0.15, -0.1) is 0 Å². The molecule has 4 heteroatoms. The lowest BCUT2D eigenvalue weighted by atomic mass is 10.1. The number of likely N-dealkylation sites (N-methyl/N-ethyl adjacent to an activating group) is 1. The Morgan fingerprint density at radius 1 is 1.42 bits per heavy atom. The van der Waals surface area contributed by atoms with Crippen LogP contribution in [0.2, 0.25) is 0 Å². The highest BCUT2D eigenvalue weighted by atomic mass is 19.1. The summed E-state index contributed by atoms with van der Waals surface area (Å²) in [5.41, 5.74) is 0.668. The second-order valence-corrected chi connectivity index (χ2v) is 5.51. The van der Waals surface area contributed by atoms with Crippen molar-refractivity contribution in [3.8, 4) is 0 Å². The van der Waals surface area contributed by atoms with Crippen LogP contribution < -0.4 is 0 Å². The summed E-state index contributed by atoms with van der Waals surface area (Å²) in [4.78, 5) is 4.71. The molecule has 1 aromatic carbocycles. The van der Waals surface area contributed by atoms with E-state index in [1.165, 1.54) is 12.1 Å². The predicted molar refractivity (Wildman–Crippen MR) is 74.5 cm³/mol. The second kappa shape index (κ2) is 6.46. The van der Waals surface area contributed by atoms with E-state index < -0.39 is 6.10 Å². The van der Waals surface area contributed by atoms with Gasteiger partial charge in [0.25, 0.3) is 0 Å². The average molecular weight is 266 g/mol. The van der Waals surface area contributed by atoms with E-state index in [1.807, 2.05) is 0 Å². The molecule has 19 heavy (non-hydrogen) atoms. The van der Waals surface area contributed by atoms with Crippen LogP contribution in [0, 0.1) is 5.82 Å². The third kappa shape index (κ3) is 4.00. The standard InChI is InChI=1S/C15H23FN2O/c1-12-11-17(2)8-9-18(12)7-6-15(19)13-4-3-5-14(16)10-13/h3-5,10,12,15,19H,6-9,11H2,1-2H3. The molecule has 1 fully saturated rings. The van der Waals surface area contributed by atoms with Gasteiger partial charge in [-0.2, -0.15) is 0 Å². The van der Waals surface area contributed by atoms with E-state index in [2.05, 4.69) is 23.8 Å². The van der Waals surface area contributed by atoms with Crippen LogP contribution >= 0.6 is 0 Å². The molecule has 0 amide bonds. The minimum absolute atomic E-state index is 0.287. The summed E-state index contributed by atoms with van der Waals surface area (Å²) < 4.78 is 13.1. The molecule has 3 nitrogen and oxygen atoms in total. The molecule has 2 unspecified atom stereocenters. The number of hydrogen-bond donors (Lipinski definition) is 1. The van der Waals surface area contributed by atoms with Gasteiger partial charge in [-0.3, -0.25) is 4.90 Å². The fourth-order valence-electron chi connectivity index (χ4n) is 2.68. The van der Waals surface area contributed by atoms with Gasteiger partial charge in [-0.25, -0.2) is 4.39 Å². The molecule has 0 bridgehead atoms. The number of nitrogens with zero attached hydrogens (tertiary/aromatic N) is 2. The van der Waals surface area contributed by atoms with Gasteiger partial charge in [0, 0.05) is 32.2 Å². The minimum atomic E-state index is -0.581. The van der Waals surface area contributed by atoms with Gasteiger partial charge in [-0.05, 0) is 38.1 Å². The van der Waals surface area contributed by atoms with Crippen LogP contribution in [0.15, 0.2) is 24.3 Å². The molecule has 0 saturated carbocycles. The Kier molecular flexibility index (Phi) is 4.91. The number of piperazine rings is 1. The third-order valence-corrected chi connectivity index (χ3v) is 3.89. The molecule has 1 N–H and O–H groups in total. The number of benzene rings is 1. The Labute approximate surface area is 114 Å². The molecule has 1 heterocycles. The first-order chi connectivity index (χ1) is 9.06. The van der Waals surface area contributed by atoms with Crippen molar-refractivity contribution >= 4 is 0 Å². The summed E-state index contributed by atoms with van der Waals surface area (Å²) >= 11 is 0. The van der Waals surface area contributed by atoms with Crippen LogP contribution in [0.3, 0.4) is 0 Å². The normalized spacial score (nSPS) is 23.5. The Bertz CT molecular complexity index is 413. The van der Waals surface area contributed by atoms with Crippen molar-refractivity contribution in [2.24, 2.45) is 0 Å². The maximum atomic E-state index is 13.1. The SMILES string of the molecule is CC1CN(C)CCN1CCC(O)c1cccc(F)c1. The van der Waals surface area contributed by atoms with Gasteiger partial charge in [-0.1, -0.05) is 12.1 Å². The minimum Gasteiger partial charge on any atom is -0.388 e. The van der Waals surface area contributed by atoms with Crippen molar-refractivity contribution in [3.05, 3.63) is 35.6 Å². The quantitative estimate of drug-likeness (QED) is 0.901. The molecular formula is C15H23FN2O. The molecule has 0 spiro atoms. The summed E-state index contributed by atoms with van der Waals surface area (Å²) in [6.07, 6.45) is 0.0693. The van der Waals surface area contributed by atoms with E-state index in [9.17, 15) is 9.50 Å². The van der Waals surface area contributed by atoms with Crippen LogP contribution in [-0.2, 0) is 0 Å². The average Bonchev–Trinajstić information content (AvgIpc) is 2.37. The maximum Gasteiger partial charge on any atom is 0.123 e. The number of halogens is 1. The molecule has 1 saturated heterocycles. The lowest BCUT2D eigenvalue weighted by Gasteiger charge is -2.38. The van der Waals surface area contributed by atoms with Crippen molar-refractivity contribution in [1.82, 2.24) is 9.80 Å². The van der Waals surface area contributed by atoms with E-state index in [1.54, 1.807) is 12.1 Å². The number of aliphatic hydroxyl groups is 1. The molecule has 1 aromatic rings. The van der Waals surface area contributed by atoms with Crippen LogP contribution in [0.1, 0.15) is 25.0 Å². The number of hydrogen-bond acceptors (Lipinski definition) is 3. The fourth-order valence-corrected chi connectivity index (χ4v) is 2.68. The first-order valence-electron chi connectivity index (χ1n) is 6.92. The highest BCUT2D eigenvalue weighted by Gasteiger charge is 2.21. The molecule has 2 atom stereocenters. The monoisotopic (exact) mass is 266 g/mol. The summed E-state index contributed by atoms with van der Waals surface area (Å²) in [5.74, 6) is -0.287. The Morgan fingerprint density at radius 2 is 2.21 bits per heavy atom. The van der Waals surface area contributed by atoms with E-state index in [-0.39, 0.29) is 5.82 Å². The summed E-state index contributed by atoms with van der Waals surface area (Å²) in [5, 5.41) is 10.1. The molecule has 0 aromatic heterocycles. The van der Waals surface area contributed by atoms with E-state index in [0.29, 0.717) is 18.0 Å². The van der Waals surface area contributed by atoms with Crippen molar-refractivity contribution in [1.29, 1.82) is 0 Å². The van der Waals surface area contributed by atoms with Gasteiger partial charge >= 0.3 is 0 Å². The largest absolute Gasteiger partial charge is 0.388 e. The zero-order chi connectivity index (χ0) is 13.8. The number of rotatable bonds is 4. The lowest BCUT2D eigenvalue weighted by Crippen LogP contribution is -2.50. The molecule has 106 valence electrons. The van der Waals surface area contributed by atoms with Crippen LogP contribution in [0.25, 0.3) is 0 Å². The highest BCUT2D eigenvalue weighted by molar-refractivity contribution is 5.18. The maximum absolute atomic E-state index is 13.1. The first kappa shape index (κ1) is 14.4. The van der Waals surface area contributed by atoms with Crippen LogP contribution in [0.5, 0.6) is 0 Å². The molecule has 2 rings (SSSR count). The van der Waals surface area contributed by atoms with Crippen molar-refractivity contribution < 1.29 is 9.50 Å². The molecular weight excluding hydrogens is 243 g/mol. The van der Waals surface area contributed by atoms with Crippen LogP contribution in [0.4, 0.5) is 4.39 Å². The predicted octanol–water partition coefficient (Wildman–Crippen LogP) is 1.89. The summed E-state index contributed by atoms with van der Waals surface area (Å²) in [7, 11) is 2.13. The summed E-state index contributed by atoms with van der Waals surface area (Å²) in [6.45, 7) is 6.24. The fraction of sp³-hybridized carbons (Fsp3) is 0.600. The molecule has 1 aliphatic rings. The number of aliphatic hydroxyl groups excluding tert-OH is 1. The van der Waals surface area contributed by atoms with E-state index in [4.69, 9.17) is 0 Å². The van der Waals surface area contributed by atoms with Crippen molar-refractivity contribution in [2.75, 3.05) is 33.2 Å². The van der Waals surface area contributed by atoms with Gasteiger partial charge < -0.3 is 10.0 Å². The smallest absolute Gasteiger partial charge is 0.123 e. The summed E-state index contributed by atoms with van der Waals surface area (Å²) in [6, 6.07) is 6.75. The van der Waals surface area contributed by atoms with Gasteiger partial charge in [0.05, 0.1) is 6.10 Å². The Hall–Kier alpha value is -0.970. The molecule has 0 radical (unpaired) electrons. The zero-order valence-corrected chi connectivity index (χ0v) is 11.7. The van der Waals surface area contributed by atoms with Crippen LogP contribution in [-0.4, -0.2) is 54.2 Å². The van der Waals surface area contributed by atoms with Gasteiger partial charge in [0.15, 0.2) is 0 Å². The first-order valence-corrected chi connectivity index (χ1v) is 6.92. The Balaban J connectivity index is 1.85. The Morgan fingerprint density at radius 3 is 2.89 bits per heavy atom. The van der Waals surface area contributed by atoms with Gasteiger partial charge in [0.1, 0.15) is 5.82 Å².